The van der Waals surface area contributed by atoms with Crippen molar-refractivity contribution in [1.82, 2.24) is 0 Å². The Bertz CT molecular complexity index is 22.5. The Balaban J connectivity index is 0. The summed E-state index contributed by atoms with van der Waals surface area (Å²) in [6, 6.07) is 0. The predicted octanol–water partition coefficient (Wildman–Crippen LogP) is -7.59. The van der Waals surface area contributed by atoms with E-state index in [0.29, 0.717) is 0 Å². The van der Waals surface area contributed by atoms with E-state index in [1.54, 1.807) is 0 Å². The molecule has 0 heterocycles. The van der Waals surface area contributed by atoms with Crippen LogP contribution in [-0.4, -0.2) is 47.8 Å². The molecule has 2 radical (unpaired) electrons. The fourth-order valence-electron chi connectivity index (χ4n) is 0. The molecule has 0 aliphatic carbocycles. The van der Waals surface area contributed by atoms with Crippen LogP contribution in [0, 0.1) is 0 Å². The minimum Gasteiger partial charge on any atom is -2.00 e. The van der Waals surface area contributed by atoms with Gasteiger partial charge in [0.2, 0.25) is 0 Å². The van der Waals surface area contributed by atoms with E-state index >= 15 is 0 Å². The zero-order valence-corrected chi connectivity index (χ0v) is 14.3. The standard InChI is InChI=1S/2Co.2Li.7O.2Sn/q2*+2;2*+1;7*-2;2*+4. The summed E-state index contributed by atoms with van der Waals surface area (Å²) in [5, 5.41) is 0. The molecule has 0 aliphatic heterocycles. The van der Waals surface area contributed by atoms with Crippen LogP contribution in [0.2, 0.25) is 0 Å². The molecule has 0 amide bonds. The Hall–Kier alpha value is 3.53. The summed E-state index contributed by atoms with van der Waals surface area (Å²) in [6.07, 6.45) is 0. The average Bonchev–Trinajstić information content (AvgIpc) is 0. The van der Waals surface area contributed by atoms with Crippen LogP contribution >= 0.6 is 0 Å². The first-order valence-electron chi connectivity index (χ1n) is 0. The van der Waals surface area contributed by atoms with Gasteiger partial charge in [-0.1, -0.05) is 0 Å². The normalized spacial score (nSPS) is 0. The van der Waals surface area contributed by atoms with E-state index in [0.717, 1.165) is 0 Å². The monoisotopic (exact) mass is 484 g/mol. The van der Waals surface area contributed by atoms with Crippen molar-refractivity contribution < 1.29 is 110 Å². The summed E-state index contributed by atoms with van der Waals surface area (Å²) >= 11 is 0. The van der Waals surface area contributed by atoms with Crippen molar-refractivity contribution in [2.45, 2.75) is 0 Å². The van der Waals surface area contributed by atoms with Crippen molar-refractivity contribution in [1.29, 1.82) is 0 Å². The summed E-state index contributed by atoms with van der Waals surface area (Å²) in [5.41, 5.74) is 0. The van der Waals surface area contributed by atoms with E-state index in [1.807, 2.05) is 0 Å². The molecule has 0 aromatic rings. The van der Waals surface area contributed by atoms with Crippen LogP contribution in [0.15, 0.2) is 0 Å². The van der Waals surface area contributed by atoms with Crippen LogP contribution in [0.4, 0.5) is 0 Å². The number of hydrogen-bond donors (Lipinski definition) is 0. The molecule has 0 saturated carbocycles. The Morgan fingerprint density at radius 2 is 0.308 bits per heavy atom. The third-order valence-corrected chi connectivity index (χ3v) is 0. The molecule has 0 aromatic carbocycles. The predicted molar refractivity (Wildman–Crippen MR) is 16.3 cm³/mol. The van der Waals surface area contributed by atoms with E-state index in [1.165, 1.54) is 0 Å². The maximum absolute atomic E-state index is 0. The van der Waals surface area contributed by atoms with E-state index < -0.39 is 0 Å². The Labute approximate surface area is 155 Å². The smallest absolute Gasteiger partial charge is 2.00 e. The van der Waals surface area contributed by atoms with Gasteiger partial charge < -0.3 is 38.3 Å². The van der Waals surface area contributed by atoms with Crippen molar-refractivity contribution in [3.63, 3.8) is 0 Å². The SMILES string of the molecule is [Co+2].[Co+2].[Li+].[Li+].[O-2].[O-2].[O-2].[O-2].[O-2].[O-2].[O-2].[Sn+4].[Sn+4]. The van der Waals surface area contributed by atoms with Crippen LogP contribution in [-0.2, 0) is 71.9 Å². The van der Waals surface area contributed by atoms with Gasteiger partial charge in [0.25, 0.3) is 0 Å². The molecule has 13 heavy (non-hydrogen) atoms. The zero-order chi connectivity index (χ0) is 0. The van der Waals surface area contributed by atoms with Crippen molar-refractivity contribution in [2.24, 2.45) is 0 Å². The van der Waals surface area contributed by atoms with Crippen molar-refractivity contribution in [2.75, 3.05) is 0 Å². The van der Waals surface area contributed by atoms with Crippen LogP contribution in [0.3, 0.4) is 0 Å². The molecule has 0 atom stereocenters. The van der Waals surface area contributed by atoms with Crippen molar-refractivity contribution in [3.05, 3.63) is 0 Å². The van der Waals surface area contributed by atoms with Crippen molar-refractivity contribution in [3.8, 4) is 0 Å². The van der Waals surface area contributed by atoms with Gasteiger partial charge in [-0.05, 0) is 0 Å². The molecular formula is Co2Li2O7Sn2. The number of hydrogen-bond acceptors (Lipinski definition) is 0. The molecular weight excluding hydrogens is 481 g/mol. The fourth-order valence-corrected chi connectivity index (χ4v) is 0. The second kappa shape index (κ2) is 264. The molecule has 0 N–H and O–H groups in total. The van der Waals surface area contributed by atoms with E-state index in [2.05, 4.69) is 0 Å². The molecule has 0 unspecified atom stereocenters. The molecule has 0 fully saturated rings. The van der Waals surface area contributed by atoms with Crippen molar-refractivity contribution >= 4 is 47.8 Å². The summed E-state index contributed by atoms with van der Waals surface area (Å²) < 4.78 is 0. The molecule has 0 bridgehead atoms. The molecule has 0 rings (SSSR count). The molecule has 0 saturated heterocycles. The van der Waals surface area contributed by atoms with Gasteiger partial charge in [0, 0.05) is 0 Å². The van der Waals surface area contributed by atoms with Gasteiger partial charge in [-0.2, -0.15) is 0 Å². The fraction of sp³-hybridized carbons (Fsp3) is 0. The molecule has 13 heteroatoms. The van der Waals surface area contributed by atoms with Gasteiger partial charge in [0.1, 0.15) is 0 Å². The van der Waals surface area contributed by atoms with E-state index in [9.17, 15) is 0 Å². The first-order valence-corrected chi connectivity index (χ1v) is 0. The zero-order valence-electron chi connectivity index (χ0n) is 6.52. The molecule has 0 spiro atoms. The third-order valence-electron chi connectivity index (χ3n) is 0. The summed E-state index contributed by atoms with van der Waals surface area (Å²) in [4.78, 5) is 0. The number of rotatable bonds is 0. The van der Waals surface area contributed by atoms with Crippen LogP contribution < -0.4 is 37.7 Å². The largest absolute Gasteiger partial charge is 4.00 e. The molecule has 7 nitrogen and oxygen atoms in total. The van der Waals surface area contributed by atoms with Crippen LogP contribution in [0.1, 0.15) is 0 Å². The van der Waals surface area contributed by atoms with E-state index in [-0.39, 0.29) is 157 Å². The third kappa shape index (κ3) is 229. The van der Waals surface area contributed by atoms with E-state index in [4.69, 9.17) is 0 Å². The van der Waals surface area contributed by atoms with Gasteiger partial charge in [-0.3, -0.25) is 0 Å². The summed E-state index contributed by atoms with van der Waals surface area (Å²) in [5.74, 6) is 0. The topological polar surface area (TPSA) is 200 Å². The van der Waals surface area contributed by atoms with Gasteiger partial charge in [0.15, 0.2) is 0 Å². The first-order chi connectivity index (χ1) is 0. The minimum atomic E-state index is 0. The van der Waals surface area contributed by atoms with Gasteiger partial charge in [-0.15, -0.1) is 0 Å². The van der Waals surface area contributed by atoms with Gasteiger partial charge in [0.05, 0.1) is 0 Å². The minimum absolute atomic E-state index is 0. The summed E-state index contributed by atoms with van der Waals surface area (Å²) in [7, 11) is 0. The van der Waals surface area contributed by atoms with Crippen LogP contribution in [0.25, 0.3) is 0 Å². The molecule has 0 aliphatic rings. The Morgan fingerprint density at radius 3 is 0.308 bits per heavy atom. The molecule has 70 valence electrons. The van der Waals surface area contributed by atoms with Gasteiger partial charge in [-0.25, -0.2) is 0 Å². The Morgan fingerprint density at radius 1 is 0.308 bits per heavy atom. The van der Waals surface area contributed by atoms with Crippen LogP contribution in [0.5, 0.6) is 0 Å². The Kier molecular flexibility index (Phi) is 6500. The summed E-state index contributed by atoms with van der Waals surface area (Å²) in [6.45, 7) is 0. The average molecular weight is 481 g/mol. The molecule has 0 aromatic heterocycles. The quantitative estimate of drug-likeness (QED) is 0.296. The first kappa shape index (κ1) is 321. The maximum Gasteiger partial charge on any atom is 4.00 e. The maximum atomic E-state index is 0. The van der Waals surface area contributed by atoms with Gasteiger partial charge >= 0.3 is 119 Å². The second-order valence-electron chi connectivity index (χ2n) is 0. The second-order valence-corrected chi connectivity index (χ2v) is 0.